The third-order valence-corrected chi connectivity index (χ3v) is 4.39. The predicted octanol–water partition coefficient (Wildman–Crippen LogP) is 2.15. The Morgan fingerprint density at radius 3 is 2.35 bits per heavy atom. The highest BCUT2D eigenvalue weighted by Crippen LogP contribution is 2.54. The van der Waals surface area contributed by atoms with Crippen molar-refractivity contribution in [3.8, 4) is 0 Å². The second kappa shape index (κ2) is 3.93. The van der Waals surface area contributed by atoms with Crippen molar-refractivity contribution in [2.75, 3.05) is 0 Å². The van der Waals surface area contributed by atoms with Crippen molar-refractivity contribution in [3.63, 3.8) is 0 Å². The molecule has 2 aromatic carbocycles. The lowest BCUT2D eigenvalue weighted by atomic mass is 10.00. The molecule has 4 N–H and O–H groups in total. The van der Waals surface area contributed by atoms with Crippen molar-refractivity contribution >= 4 is 18.4 Å². The molecule has 0 unspecified atom stereocenters. The van der Waals surface area contributed by atoms with Gasteiger partial charge in [-0.3, -0.25) is 4.57 Å². The molecule has 2 aromatic rings. The maximum Gasteiger partial charge on any atom is 0.349 e. The van der Waals surface area contributed by atoms with Crippen LogP contribution in [0, 0.1) is 0 Å². The Hall–Kier alpha value is -1.19. The first-order chi connectivity index (χ1) is 7.84. The Bertz CT molecular complexity index is 598. The van der Waals surface area contributed by atoms with Crippen molar-refractivity contribution in [1.82, 2.24) is 0 Å². The van der Waals surface area contributed by atoms with E-state index in [2.05, 4.69) is 0 Å². The Morgan fingerprint density at radius 1 is 1.12 bits per heavy atom. The first kappa shape index (κ1) is 12.3. The minimum Gasteiger partial charge on any atom is -0.323 e. The Balaban J connectivity index is 2.76. The number of fused-ring (bicyclic) bond motifs is 1. The summed E-state index contributed by atoms with van der Waals surface area (Å²) in [5.74, 6) is 0. The number of hydrogen-bond acceptors (Lipinski definition) is 2. The highest BCUT2D eigenvalue weighted by atomic mass is 31.2. The number of benzene rings is 2. The average molecular weight is 251 g/mol. The molecule has 0 aromatic heterocycles. The van der Waals surface area contributed by atoms with Crippen LogP contribution in [0.1, 0.15) is 12.5 Å². The van der Waals surface area contributed by atoms with Crippen LogP contribution in [0.15, 0.2) is 42.5 Å². The first-order valence-electron chi connectivity index (χ1n) is 5.17. The predicted molar refractivity (Wildman–Crippen MR) is 67.5 cm³/mol. The molecule has 90 valence electrons. The van der Waals surface area contributed by atoms with Crippen LogP contribution in [-0.4, -0.2) is 9.79 Å². The maximum atomic E-state index is 11.5. The monoisotopic (exact) mass is 251 g/mol. The lowest BCUT2D eigenvalue weighted by Gasteiger charge is -2.27. The molecule has 0 fully saturated rings. The van der Waals surface area contributed by atoms with Crippen molar-refractivity contribution in [3.05, 3.63) is 48.0 Å². The summed E-state index contributed by atoms with van der Waals surface area (Å²) in [6, 6.07) is 12.7. The fraction of sp³-hybridized carbons (Fsp3) is 0.167. The van der Waals surface area contributed by atoms with Crippen LogP contribution in [0.4, 0.5) is 0 Å². The van der Waals surface area contributed by atoms with Crippen LogP contribution in [0.3, 0.4) is 0 Å². The normalized spacial score (nSPS) is 15.8. The van der Waals surface area contributed by atoms with Gasteiger partial charge >= 0.3 is 7.60 Å². The standard InChI is InChI=1S/C12H14NO3P/c1-12(13,17(14,15)16)11-8-4-6-9-5-2-3-7-10(9)11/h2-8H,13H2,1H3,(H2,14,15,16)/t12-/m0/s1. The molecule has 2 rings (SSSR count). The maximum absolute atomic E-state index is 11.5. The zero-order chi connectivity index (χ0) is 12.7. The quantitative estimate of drug-likeness (QED) is 0.714. The second-order valence-corrected chi connectivity index (χ2v) is 6.24. The van der Waals surface area contributed by atoms with Crippen LogP contribution < -0.4 is 5.73 Å². The molecule has 0 aliphatic rings. The summed E-state index contributed by atoms with van der Waals surface area (Å²) in [6.07, 6.45) is 0. The lowest BCUT2D eigenvalue weighted by molar-refractivity contribution is 0.334. The van der Waals surface area contributed by atoms with Gasteiger partial charge in [0.25, 0.3) is 0 Å². The zero-order valence-corrected chi connectivity index (χ0v) is 10.3. The third kappa shape index (κ3) is 2.01. The minimum absolute atomic E-state index is 0.462. The smallest absolute Gasteiger partial charge is 0.323 e. The molecule has 0 heterocycles. The van der Waals surface area contributed by atoms with Gasteiger partial charge in [0.15, 0.2) is 0 Å². The molecule has 0 saturated heterocycles. The molecule has 5 heteroatoms. The van der Waals surface area contributed by atoms with Gasteiger partial charge in [-0.05, 0) is 23.3 Å². The summed E-state index contributed by atoms with van der Waals surface area (Å²) in [6.45, 7) is 1.36. The molecule has 17 heavy (non-hydrogen) atoms. The fourth-order valence-electron chi connectivity index (χ4n) is 1.82. The van der Waals surface area contributed by atoms with E-state index >= 15 is 0 Å². The zero-order valence-electron chi connectivity index (χ0n) is 9.37. The van der Waals surface area contributed by atoms with E-state index in [1.807, 2.05) is 30.3 Å². The first-order valence-corrected chi connectivity index (χ1v) is 6.78. The summed E-state index contributed by atoms with van der Waals surface area (Å²) in [5, 5.41) is 0.00637. The minimum atomic E-state index is -4.42. The Labute approximate surface area is 99.2 Å². The van der Waals surface area contributed by atoms with Gasteiger partial charge in [0.2, 0.25) is 0 Å². The second-order valence-electron chi connectivity index (χ2n) is 4.22. The summed E-state index contributed by atoms with van der Waals surface area (Å²) in [4.78, 5) is 18.7. The number of rotatable bonds is 2. The Kier molecular flexibility index (Phi) is 2.84. The molecule has 0 spiro atoms. The molecule has 4 nitrogen and oxygen atoms in total. The van der Waals surface area contributed by atoms with Crippen molar-refractivity contribution in [2.45, 2.75) is 12.2 Å². The number of nitrogens with two attached hydrogens (primary N) is 1. The van der Waals surface area contributed by atoms with Gasteiger partial charge in [0.05, 0.1) is 0 Å². The van der Waals surface area contributed by atoms with Crippen molar-refractivity contribution in [1.29, 1.82) is 0 Å². The Morgan fingerprint density at radius 2 is 1.71 bits per heavy atom. The van der Waals surface area contributed by atoms with E-state index < -0.39 is 12.9 Å². The lowest BCUT2D eigenvalue weighted by Crippen LogP contribution is -2.32. The van der Waals surface area contributed by atoms with E-state index in [0.717, 1.165) is 10.8 Å². The highest BCUT2D eigenvalue weighted by Gasteiger charge is 2.41. The molecular formula is C12H14NO3P. The fourth-order valence-corrected chi connectivity index (χ4v) is 2.33. The molecule has 0 aliphatic heterocycles. The van der Waals surface area contributed by atoms with Crippen LogP contribution in [0.5, 0.6) is 0 Å². The van der Waals surface area contributed by atoms with Crippen molar-refractivity contribution in [2.24, 2.45) is 5.73 Å². The van der Waals surface area contributed by atoms with Crippen LogP contribution in [-0.2, 0) is 9.85 Å². The van der Waals surface area contributed by atoms with E-state index in [0.29, 0.717) is 5.56 Å². The van der Waals surface area contributed by atoms with Gasteiger partial charge in [0.1, 0.15) is 5.28 Å². The van der Waals surface area contributed by atoms with E-state index in [1.54, 1.807) is 12.1 Å². The highest BCUT2D eigenvalue weighted by molar-refractivity contribution is 7.53. The molecule has 1 atom stereocenters. The summed E-state index contributed by atoms with van der Waals surface area (Å²) in [5.41, 5.74) is 6.28. The molecule has 0 amide bonds. The largest absolute Gasteiger partial charge is 0.349 e. The van der Waals surface area contributed by atoms with Crippen LogP contribution in [0.2, 0.25) is 0 Å². The summed E-state index contributed by atoms with van der Waals surface area (Å²) in [7, 11) is -4.42. The van der Waals surface area contributed by atoms with E-state index in [4.69, 9.17) is 5.73 Å². The van der Waals surface area contributed by atoms with Crippen LogP contribution >= 0.6 is 7.60 Å². The van der Waals surface area contributed by atoms with E-state index in [1.165, 1.54) is 6.92 Å². The topological polar surface area (TPSA) is 83.6 Å². The van der Waals surface area contributed by atoms with Gasteiger partial charge in [0, 0.05) is 0 Å². The van der Waals surface area contributed by atoms with Gasteiger partial charge in [-0.2, -0.15) is 0 Å². The average Bonchev–Trinajstić information content (AvgIpc) is 2.26. The van der Waals surface area contributed by atoms with Gasteiger partial charge < -0.3 is 15.5 Å². The van der Waals surface area contributed by atoms with Crippen molar-refractivity contribution < 1.29 is 14.4 Å². The van der Waals surface area contributed by atoms with E-state index in [-0.39, 0.29) is 0 Å². The molecule has 0 aliphatic carbocycles. The van der Waals surface area contributed by atoms with Crippen LogP contribution in [0.25, 0.3) is 10.8 Å². The summed E-state index contributed by atoms with van der Waals surface area (Å²) >= 11 is 0. The summed E-state index contributed by atoms with van der Waals surface area (Å²) < 4.78 is 11.5. The van der Waals surface area contributed by atoms with Gasteiger partial charge in [-0.1, -0.05) is 42.5 Å². The third-order valence-electron chi connectivity index (χ3n) is 2.94. The number of hydrogen-bond donors (Lipinski definition) is 3. The van der Waals surface area contributed by atoms with E-state index in [9.17, 15) is 14.4 Å². The molecule has 0 radical (unpaired) electrons. The molecular weight excluding hydrogens is 237 g/mol. The molecule has 0 bridgehead atoms. The molecule has 0 saturated carbocycles. The SMILES string of the molecule is C[C@@](N)(c1cccc2ccccc12)P(=O)(O)O. The van der Waals surface area contributed by atoms with Gasteiger partial charge in [-0.15, -0.1) is 0 Å². The van der Waals surface area contributed by atoms with Gasteiger partial charge in [-0.25, -0.2) is 0 Å².